The van der Waals surface area contributed by atoms with E-state index in [0.717, 1.165) is 16.1 Å². The number of anilines is 1. The van der Waals surface area contributed by atoms with E-state index in [1.807, 2.05) is 19.9 Å². The van der Waals surface area contributed by atoms with Gasteiger partial charge in [0.05, 0.1) is 5.69 Å². The normalized spacial score (nSPS) is 13.4. The van der Waals surface area contributed by atoms with Gasteiger partial charge in [-0.3, -0.25) is 9.59 Å². The van der Waals surface area contributed by atoms with Crippen LogP contribution < -0.4 is 20.3 Å². The van der Waals surface area contributed by atoms with Gasteiger partial charge in [0.15, 0.2) is 17.3 Å². The van der Waals surface area contributed by atoms with Crippen molar-refractivity contribution in [2.75, 3.05) is 12.1 Å². The Hall–Kier alpha value is -3.62. The lowest BCUT2D eigenvalue weighted by molar-refractivity contribution is -0.119. The van der Waals surface area contributed by atoms with Crippen molar-refractivity contribution >= 4 is 11.6 Å². The van der Waals surface area contributed by atoms with Crippen LogP contribution in [0.3, 0.4) is 0 Å². The van der Waals surface area contributed by atoms with Crippen molar-refractivity contribution in [1.82, 2.24) is 19.6 Å². The largest absolute Gasteiger partial charge is 0.454 e. The number of ether oxygens (including phenoxy) is 2. The van der Waals surface area contributed by atoms with Crippen LogP contribution in [0.2, 0.25) is 0 Å². The molecule has 1 N–H and O–H groups in total. The highest BCUT2D eigenvalue weighted by atomic mass is 16.7. The molecule has 0 spiro atoms. The summed E-state index contributed by atoms with van der Waals surface area (Å²) in [4.78, 5) is 25.0. The summed E-state index contributed by atoms with van der Waals surface area (Å²) in [7, 11) is 0. The van der Waals surface area contributed by atoms with E-state index in [1.165, 1.54) is 6.07 Å². The van der Waals surface area contributed by atoms with Crippen molar-refractivity contribution in [3.05, 3.63) is 58.1 Å². The third-order valence-corrected chi connectivity index (χ3v) is 4.42. The molecule has 9 heteroatoms. The minimum Gasteiger partial charge on any atom is -0.454 e. The smallest absolute Gasteiger partial charge is 0.267 e. The molecule has 144 valence electrons. The van der Waals surface area contributed by atoms with Crippen LogP contribution in [0, 0.1) is 13.8 Å². The molecule has 1 amide bonds. The molecule has 0 bridgehead atoms. The molecule has 1 atom stereocenters. The number of nitrogens with zero attached hydrogens (tertiary/aromatic N) is 4. The average molecular weight is 381 g/mol. The number of fused-ring (bicyclic) bond motifs is 1. The van der Waals surface area contributed by atoms with Gasteiger partial charge in [-0.25, -0.2) is 9.36 Å². The number of carbonyl (C=O) groups is 1. The highest BCUT2D eigenvalue weighted by molar-refractivity contribution is 5.93. The molecule has 28 heavy (non-hydrogen) atoms. The zero-order valence-electron chi connectivity index (χ0n) is 15.7. The number of hydrogen-bond acceptors (Lipinski definition) is 6. The van der Waals surface area contributed by atoms with Gasteiger partial charge < -0.3 is 14.8 Å². The Bertz CT molecular complexity index is 1120. The molecule has 0 aliphatic carbocycles. The van der Waals surface area contributed by atoms with Gasteiger partial charge >= 0.3 is 0 Å². The number of nitrogens with one attached hydrogen (secondary N) is 1. The van der Waals surface area contributed by atoms with E-state index in [4.69, 9.17) is 9.47 Å². The van der Waals surface area contributed by atoms with Crippen LogP contribution in [0.25, 0.3) is 5.82 Å². The molecule has 1 aliphatic heterocycles. The summed E-state index contributed by atoms with van der Waals surface area (Å²) in [6.07, 6.45) is 0. The molecular weight excluding hydrogens is 362 g/mol. The van der Waals surface area contributed by atoms with Crippen LogP contribution in [0.15, 0.2) is 41.2 Å². The molecular formula is C19H19N5O4. The summed E-state index contributed by atoms with van der Waals surface area (Å²) in [5.41, 5.74) is 1.89. The van der Waals surface area contributed by atoms with Crippen LogP contribution in [-0.4, -0.2) is 32.3 Å². The molecule has 3 heterocycles. The van der Waals surface area contributed by atoms with Gasteiger partial charge in [0.1, 0.15) is 6.04 Å². The molecule has 1 aromatic carbocycles. The fourth-order valence-electron chi connectivity index (χ4n) is 3.00. The summed E-state index contributed by atoms with van der Waals surface area (Å²) >= 11 is 0. The third kappa shape index (κ3) is 3.22. The predicted octanol–water partition coefficient (Wildman–Crippen LogP) is 1.97. The Morgan fingerprint density at radius 1 is 1.11 bits per heavy atom. The van der Waals surface area contributed by atoms with Crippen LogP contribution in [0.5, 0.6) is 11.5 Å². The van der Waals surface area contributed by atoms with Crippen molar-refractivity contribution in [2.45, 2.75) is 26.8 Å². The predicted molar refractivity (Wildman–Crippen MR) is 101 cm³/mol. The third-order valence-electron chi connectivity index (χ3n) is 4.42. The second-order valence-electron chi connectivity index (χ2n) is 6.55. The number of carbonyl (C=O) groups excluding carboxylic acids is 1. The topological polar surface area (TPSA) is 100 Å². The van der Waals surface area contributed by atoms with E-state index >= 15 is 0 Å². The molecule has 0 saturated carbocycles. The second-order valence-corrected chi connectivity index (χ2v) is 6.55. The maximum atomic E-state index is 12.7. The zero-order chi connectivity index (χ0) is 19.8. The first-order valence-corrected chi connectivity index (χ1v) is 8.76. The number of rotatable bonds is 4. The number of amides is 1. The van der Waals surface area contributed by atoms with Crippen LogP contribution in [0.4, 0.5) is 5.69 Å². The Morgan fingerprint density at radius 3 is 2.64 bits per heavy atom. The molecule has 2 aromatic heterocycles. The van der Waals surface area contributed by atoms with Gasteiger partial charge in [0, 0.05) is 23.5 Å². The van der Waals surface area contributed by atoms with E-state index in [2.05, 4.69) is 15.5 Å². The number of aryl methyl sites for hydroxylation is 2. The molecule has 0 radical (unpaired) electrons. The summed E-state index contributed by atoms with van der Waals surface area (Å²) in [5.74, 6) is 1.28. The monoisotopic (exact) mass is 381 g/mol. The summed E-state index contributed by atoms with van der Waals surface area (Å²) in [5, 5.41) is 11.5. The summed E-state index contributed by atoms with van der Waals surface area (Å²) in [6, 6.07) is 9.15. The lowest BCUT2D eigenvalue weighted by Crippen LogP contribution is -2.33. The first kappa shape index (κ1) is 17.8. The van der Waals surface area contributed by atoms with E-state index < -0.39 is 6.04 Å². The van der Waals surface area contributed by atoms with E-state index in [9.17, 15) is 9.59 Å². The lowest BCUT2D eigenvalue weighted by Gasteiger charge is -2.15. The van der Waals surface area contributed by atoms with E-state index in [1.54, 1.807) is 35.9 Å². The van der Waals surface area contributed by atoms with Gasteiger partial charge in [0.25, 0.3) is 5.56 Å². The SMILES string of the molecule is Cc1cc(C)n(-c2ccc(=O)n(C(C)C(=O)Nc3ccc4c(c3)OCO4)n2)n1. The van der Waals surface area contributed by atoms with Crippen LogP contribution in [-0.2, 0) is 4.79 Å². The number of benzene rings is 1. The molecule has 9 nitrogen and oxygen atoms in total. The van der Waals surface area contributed by atoms with Gasteiger partial charge in [-0.15, -0.1) is 5.10 Å². The highest BCUT2D eigenvalue weighted by Crippen LogP contribution is 2.34. The molecule has 1 aliphatic rings. The standard InChI is InChI=1S/C19H19N5O4/c1-11-8-12(2)23(21-11)17-6-7-18(25)24(22-17)13(3)19(26)20-14-4-5-15-16(9-14)28-10-27-15/h4-9,13H,10H2,1-3H3,(H,20,26). The van der Waals surface area contributed by atoms with E-state index in [0.29, 0.717) is 23.0 Å². The summed E-state index contributed by atoms with van der Waals surface area (Å²) in [6.45, 7) is 5.54. The van der Waals surface area contributed by atoms with Gasteiger partial charge in [-0.2, -0.15) is 5.10 Å². The minimum atomic E-state index is -0.824. The van der Waals surface area contributed by atoms with Crippen LogP contribution >= 0.6 is 0 Å². The highest BCUT2D eigenvalue weighted by Gasteiger charge is 2.20. The van der Waals surface area contributed by atoms with Crippen molar-refractivity contribution < 1.29 is 14.3 Å². The van der Waals surface area contributed by atoms with Crippen molar-refractivity contribution in [1.29, 1.82) is 0 Å². The Balaban J connectivity index is 1.59. The first-order chi connectivity index (χ1) is 13.4. The first-order valence-electron chi connectivity index (χ1n) is 8.76. The van der Waals surface area contributed by atoms with Crippen molar-refractivity contribution in [2.24, 2.45) is 0 Å². The molecule has 1 unspecified atom stereocenters. The zero-order valence-corrected chi connectivity index (χ0v) is 15.7. The lowest BCUT2D eigenvalue weighted by atomic mass is 10.2. The van der Waals surface area contributed by atoms with E-state index in [-0.39, 0.29) is 18.3 Å². The average Bonchev–Trinajstić information content (AvgIpc) is 3.26. The molecule has 4 rings (SSSR count). The van der Waals surface area contributed by atoms with Crippen molar-refractivity contribution in [3.63, 3.8) is 0 Å². The summed E-state index contributed by atoms with van der Waals surface area (Å²) < 4.78 is 13.4. The second kappa shape index (κ2) is 6.84. The number of aromatic nitrogens is 4. The quantitative estimate of drug-likeness (QED) is 0.742. The van der Waals surface area contributed by atoms with Crippen molar-refractivity contribution in [3.8, 4) is 17.3 Å². The Kier molecular flexibility index (Phi) is 4.34. The molecule has 3 aromatic rings. The number of hydrogen-bond donors (Lipinski definition) is 1. The Morgan fingerprint density at radius 2 is 1.89 bits per heavy atom. The molecule has 0 fully saturated rings. The van der Waals surface area contributed by atoms with Crippen LogP contribution in [0.1, 0.15) is 24.4 Å². The minimum absolute atomic E-state index is 0.154. The maximum absolute atomic E-state index is 12.7. The fourth-order valence-corrected chi connectivity index (χ4v) is 3.00. The fraction of sp³-hybridized carbons (Fsp3) is 0.263. The van der Waals surface area contributed by atoms with Gasteiger partial charge in [-0.05, 0) is 45.0 Å². The molecule has 0 saturated heterocycles. The van der Waals surface area contributed by atoms with Gasteiger partial charge in [-0.1, -0.05) is 0 Å². The van der Waals surface area contributed by atoms with Gasteiger partial charge in [0.2, 0.25) is 12.7 Å². The maximum Gasteiger partial charge on any atom is 0.267 e. The Labute approximate surface area is 160 Å².